The maximum absolute atomic E-state index is 6.07. The number of nitrogens with one attached hydrogen (secondary N) is 1. The molecule has 0 radical (unpaired) electrons. The van der Waals surface area contributed by atoms with E-state index >= 15 is 0 Å². The molecular weight excluding hydrogens is 503 g/mol. The Morgan fingerprint density at radius 2 is 2.21 bits per heavy atom. The molecule has 0 saturated carbocycles. The van der Waals surface area contributed by atoms with Crippen molar-refractivity contribution in [3.63, 3.8) is 0 Å². The Morgan fingerprint density at radius 3 is 3.04 bits per heavy atom. The summed E-state index contributed by atoms with van der Waals surface area (Å²) in [6, 6.07) is 4.61. The Labute approximate surface area is 187 Å². The van der Waals surface area contributed by atoms with Gasteiger partial charge in [-0.1, -0.05) is 25.6 Å². The first-order chi connectivity index (χ1) is 13.5. The van der Waals surface area contributed by atoms with E-state index in [2.05, 4.69) is 68.4 Å². The van der Waals surface area contributed by atoms with Gasteiger partial charge >= 0.3 is 0 Å². The predicted octanol–water partition coefficient (Wildman–Crippen LogP) is 4.06. The highest BCUT2D eigenvalue weighted by molar-refractivity contribution is 14.1. The van der Waals surface area contributed by atoms with Crippen LogP contribution < -0.4 is 11.1 Å². The number of benzene rings is 1. The normalized spacial score (nSPS) is 13.6. The molecule has 1 aliphatic heterocycles. The molecule has 3 N–H and O–H groups in total. The third-order valence-electron chi connectivity index (χ3n) is 4.54. The number of fused-ring (bicyclic) bond motifs is 2. The number of nitrogens with zero attached hydrogens (tertiary/aromatic N) is 4. The lowest BCUT2D eigenvalue weighted by atomic mass is 10.2. The average molecular weight is 526 g/mol. The molecule has 148 valence electrons. The van der Waals surface area contributed by atoms with Crippen LogP contribution in [0.5, 0.6) is 0 Å². The molecule has 2 aromatic heterocycles. The second kappa shape index (κ2) is 8.76. The van der Waals surface area contributed by atoms with Gasteiger partial charge in [-0.15, -0.1) is 11.8 Å². The van der Waals surface area contributed by atoms with Crippen molar-refractivity contribution in [3.8, 4) is 0 Å². The van der Waals surface area contributed by atoms with Gasteiger partial charge in [0.25, 0.3) is 0 Å². The summed E-state index contributed by atoms with van der Waals surface area (Å²) in [4.78, 5) is 16.0. The minimum Gasteiger partial charge on any atom is -0.382 e. The van der Waals surface area contributed by atoms with Crippen LogP contribution in [0.15, 0.2) is 33.4 Å². The van der Waals surface area contributed by atoms with Gasteiger partial charge in [-0.25, -0.2) is 15.0 Å². The van der Waals surface area contributed by atoms with Crippen molar-refractivity contribution in [1.29, 1.82) is 0 Å². The molecule has 1 aromatic carbocycles. The molecule has 9 heteroatoms. The Bertz CT molecular complexity index is 1000. The first-order valence-electron chi connectivity index (χ1n) is 9.33. The van der Waals surface area contributed by atoms with Crippen LogP contribution in [0.2, 0.25) is 0 Å². The van der Waals surface area contributed by atoms with Crippen molar-refractivity contribution in [1.82, 2.24) is 24.8 Å². The Kier molecular flexibility index (Phi) is 6.34. The number of imidazole rings is 1. The number of aryl methyl sites for hydroxylation is 1. The summed E-state index contributed by atoms with van der Waals surface area (Å²) < 4.78 is 3.42. The summed E-state index contributed by atoms with van der Waals surface area (Å²) in [5, 5.41) is 4.41. The van der Waals surface area contributed by atoms with Crippen LogP contribution in [0.4, 0.5) is 5.82 Å². The van der Waals surface area contributed by atoms with E-state index in [-0.39, 0.29) is 0 Å². The van der Waals surface area contributed by atoms with E-state index in [1.54, 1.807) is 11.8 Å². The lowest BCUT2D eigenvalue weighted by Crippen LogP contribution is -2.24. The lowest BCUT2D eigenvalue weighted by Gasteiger charge is -2.12. The topological polar surface area (TPSA) is 81.7 Å². The highest BCUT2D eigenvalue weighted by Gasteiger charge is 2.19. The van der Waals surface area contributed by atoms with Crippen molar-refractivity contribution in [2.75, 3.05) is 24.6 Å². The maximum Gasteiger partial charge on any atom is 0.175 e. The van der Waals surface area contributed by atoms with Gasteiger partial charge < -0.3 is 15.6 Å². The zero-order chi connectivity index (χ0) is 19.7. The van der Waals surface area contributed by atoms with Gasteiger partial charge in [0, 0.05) is 32.2 Å². The SMILES string of the molecule is CC(C)CNCCn1c(Sc2cc3c(cc2I)CCS3)nc2c(N)ncnc21. The fraction of sp³-hybridized carbons (Fsp3) is 0.421. The highest BCUT2D eigenvalue weighted by atomic mass is 127. The molecule has 1 aliphatic rings. The first kappa shape index (κ1) is 20.2. The average Bonchev–Trinajstić information content (AvgIpc) is 3.24. The molecule has 28 heavy (non-hydrogen) atoms. The van der Waals surface area contributed by atoms with E-state index in [9.17, 15) is 0 Å². The summed E-state index contributed by atoms with van der Waals surface area (Å²) in [7, 11) is 0. The molecule has 3 aromatic rings. The standard InChI is InChI=1S/C19H23IN6S2/c1-11(2)9-22-4-5-26-18-16(17(21)23-10-24-18)25-19(26)28-15-8-14-12(3-6-27-14)7-13(15)20/h7-8,10-11,22H,3-6,9H2,1-2H3,(H2,21,23,24). The van der Waals surface area contributed by atoms with Crippen molar-refractivity contribution in [2.45, 2.75) is 41.8 Å². The Morgan fingerprint density at radius 1 is 1.36 bits per heavy atom. The molecule has 0 fully saturated rings. The quantitative estimate of drug-likeness (QED) is 0.355. The lowest BCUT2D eigenvalue weighted by molar-refractivity contribution is 0.516. The third kappa shape index (κ3) is 4.27. The smallest absolute Gasteiger partial charge is 0.175 e. The van der Waals surface area contributed by atoms with E-state index in [0.29, 0.717) is 17.3 Å². The van der Waals surface area contributed by atoms with Crippen molar-refractivity contribution >= 4 is 63.1 Å². The van der Waals surface area contributed by atoms with Crippen molar-refractivity contribution < 1.29 is 0 Å². The summed E-state index contributed by atoms with van der Waals surface area (Å²) in [6.45, 7) is 7.06. The van der Waals surface area contributed by atoms with Crippen LogP contribution in [0, 0.1) is 9.49 Å². The van der Waals surface area contributed by atoms with Crippen LogP contribution in [0.25, 0.3) is 11.2 Å². The molecular formula is C19H23IN6S2. The minimum absolute atomic E-state index is 0.431. The number of aromatic nitrogens is 4. The van der Waals surface area contributed by atoms with Crippen LogP contribution in [0.1, 0.15) is 19.4 Å². The molecule has 0 atom stereocenters. The van der Waals surface area contributed by atoms with Gasteiger partial charge in [0.05, 0.1) is 0 Å². The molecule has 0 saturated heterocycles. The molecule has 0 aliphatic carbocycles. The number of anilines is 1. The molecule has 0 amide bonds. The highest BCUT2D eigenvalue weighted by Crippen LogP contribution is 2.40. The fourth-order valence-corrected chi connectivity index (χ4v) is 6.13. The van der Waals surface area contributed by atoms with Crippen LogP contribution in [-0.4, -0.2) is 38.4 Å². The number of rotatable bonds is 7. The number of halogens is 1. The summed E-state index contributed by atoms with van der Waals surface area (Å²) in [5.41, 5.74) is 9.01. The monoisotopic (exact) mass is 526 g/mol. The van der Waals surface area contributed by atoms with E-state index < -0.39 is 0 Å². The molecule has 0 bridgehead atoms. The number of nitrogens with two attached hydrogens (primary N) is 1. The van der Waals surface area contributed by atoms with Gasteiger partial charge in [-0.05, 0) is 59.2 Å². The van der Waals surface area contributed by atoms with Crippen molar-refractivity contribution in [2.24, 2.45) is 5.92 Å². The molecule has 3 heterocycles. The maximum atomic E-state index is 6.07. The first-order valence-corrected chi connectivity index (χ1v) is 12.2. The van der Waals surface area contributed by atoms with Gasteiger partial charge in [0.1, 0.15) is 6.33 Å². The van der Waals surface area contributed by atoms with Gasteiger partial charge in [-0.3, -0.25) is 0 Å². The Hall–Kier alpha value is -1.04. The minimum atomic E-state index is 0.431. The largest absolute Gasteiger partial charge is 0.382 e. The second-order valence-corrected chi connectivity index (χ2v) is 10.5. The Balaban J connectivity index is 1.66. The number of hydrogen-bond donors (Lipinski definition) is 2. The fourth-order valence-electron chi connectivity index (χ4n) is 3.15. The number of nitrogen functional groups attached to an aromatic ring is 1. The van der Waals surface area contributed by atoms with Gasteiger partial charge in [-0.2, -0.15) is 0 Å². The third-order valence-corrected chi connectivity index (χ3v) is 7.95. The van der Waals surface area contributed by atoms with Gasteiger partial charge in [0.15, 0.2) is 22.1 Å². The summed E-state index contributed by atoms with van der Waals surface area (Å²) in [5.74, 6) is 2.22. The molecule has 6 nitrogen and oxygen atoms in total. The summed E-state index contributed by atoms with van der Waals surface area (Å²) in [6.07, 6.45) is 2.68. The molecule has 0 spiro atoms. The predicted molar refractivity (Wildman–Crippen MR) is 125 cm³/mol. The van der Waals surface area contributed by atoms with Crippen LogP contribution >= 0.6 is 46.1 Å². The zero-order valence-corrected chi connectivity index (χ0v) is 19.7. The zero-order valence-electron chi connectivity index (χ0n) is 15.9. The van der Waals surface area contributed by atoms with Gasteiger partial charge in [0.2, 0.25) is 0 Å². The van der Waals surface area contributed by atoms with E-state index in [1.807, 2.05) is 11.8 Å². The molecule has 0 unspecified atom stereocenters. The summed E-state index contributed by atoms with van der Waals surface area (Å²) >= 11 is 6.05. The second-order valence-electron chi connectivity index (χ2n) is 7.17. The van der Waals surface area contributed by atoms with Crippen molar-refractivity contribution in [3.05, 3.63) is 27.6 Å². The number of thioether (sulfide) groups is 1. The van der Waals surface area contributed by atoms with Crippen LogP contribution in [-0.2, 0) is 13.0 Å². The van der Waals surface area contributed by atoms with E-state index in [0.717, 1.165) is 36.9 Å². The van der Waals surface area contributed by atoms with E-state index in [4.69, 9.17) is 10.7 Å². The molecule has 4 rings (SSSR count). The number of hydrogen-bond acceptors (Lipinski definition) is 7. The van der Waals surface area contributed by atoms with Crippen LogP contribution in [0.3, 0.4) is 0 Å². The van der Waals surface area contributed by atoms with E-state index in [1.165, 1.54) is 31.0 Å².